The summed E-state index contributed by atoms with van der Waals surface area (Å²) in [5.41, 5.74) is 5.33. The predicted octanol–water partition coefficient (Wildman–Crippen LogP) is -0.209. The van der Waals surface area contributed by atoms with E-state index in [1.165, 1.54) is 11.5 Å². The summed E-state index contributed by atoms with van der Waals surface area (Å²) in [5, 5.41) is 0.754. The van der Waals surface area contributed by atoms with E-state index >= 15 is 0 Å². The first-order chi connectivity index (χ1) is 7.72. The van der Waals surface area contributed by atoms with Crippen molar-refractivity contribution in [3.8, 4) is 0 Å². The van der Waals surface area contributed by atoms with E-state index in [0.29, 0.717) is 19.8 Å². The number of rotatable bonds is 3. The first kappa shape index (κ1) is 11.3. The van der Waals surface area contributed by atoms with Gasteiger partial charge in [0.2, 0.25) is 11.0 Å². The Morgan fingerprint density at radius 3 is 3.19 bits per heavy atom. The molecule has 1 fully saturated rings. The molecule has 88 valence electrons. The van der Waals surface area contributed by atoms with Crippen molar-refractivity contribution in [2.75, 3.05) is 24.7 Å². The molecule has 1 unspecified atom stereocenters. The lowest BCUT2D eigenvalue weighted by Gasteiger charge is -2.32. The van der Waals surface area contributed by atoms with Gasteiger partial charge in [0.15, 0.2) is 0 Å². The Kier molecular flexibility index (Phi) is 3.35. The minimum Gasteiger partial charge on any atom is -0.377 e. The lowest BCUT2D eigenvalue weighted by molar-refractivity contribution is -0.121. The second kappa shape index (κ2) is 4.75. The first-order valence-corrected chi connectivity index (χ1v) is 5.96. The van der Waals surface area contributed by atoms with Crippen LogP contribution in [0.25, 0.3) is 0 Å². The fourth-order valence-electron chi connectivity index (χ4n) is 1.57. The number of aromatic nitrogens is 2. The number of hydrogen-bond donors (Lipinski definition) is 1. The quantitative estimate of drug-likeness (QED) is 0.793. The molecule has 1 saturated heterocycles. The molecule has 0 saturated carbocycles. The third-order valence-electron chi connectivity index (χ3n) is 2.48. The van der Waals surface area contributed by atoms with E-state index < -0.39 is 6.04 Å². The Bertz CT molecular complexity index is 381. The monoisotopic (exact) mass is 242 g/mol. The summed E-state index contributed by atoms with van der Waals surface area (Å²) in [4.78, 5) is 17.5. The maximum absolute atomic E-state index is 11.3. The van der Waals surface area contributed by atoms with Crippen LogP contribution in [0.1, 0.15) is 12.7 Å². The highest BCUT2D eigenvalue weighted by molar-refractivity contribution is 7.09. The molecule has 7 heteroatoms. The third kappa shape index (κ3) is 2.14. The summed E-state index contributed by atoms with van der Waals surface area (Å²) in [7, 11) is 0. The van der Waals surface area contributed by atoms with Gasteiger partial charge in [-0.2, -0.15) is 4.37 Å². The van der Waals surface area contributed by atoms with E-state index in [1.54, 1.807) is 0 Å². The summed E-state index contributed by atoms with van der Waals surface area (Å²) >= 11 is 1.30. The van der Waals surface area contributed by atoms with Crippen LogP contribution in [-0.4, -0.2) is 41.1 Å². The number of amides is 1. The molecule has 1 aromatic heterocycles. The lowest BCUT2D eigenvalue weighted by atomic mass is 10.2. The van der Waals surface area contributed by atoms with Crippen LogP contribution in [0.2, 0.25) is 0 Å². The molecular weight excluding hydrogens is 228 g/mol. The molecule has 2 heterocycles. The van der Waals surface area contributed by atoms with E-state index in [9.17, 15) is 4.79 Å². The lowest BCUT2D eigenvalue weighted by Crippen LogP contribution is -2.52. The zero-order valence-electron chi connectivity index (χ0n) is 9.05. The number of carbonyl (C=O) groups is 1. The second-order valence-electron chi connectivity index (χ2n) is 3.53. The van der Waals surface area contributed by atoms with Crippen LogP contribution < -0.4 is 10.6 Å². The number of hydrogen-bond acceptors (Lipinski definition) is 6. The van der Waals surface area contributed by atoms with Crippen LogP contribution in [0.3, 0.4) is 0 Å². The third-order valence-corrected chi connectivity index (χ3v) is 3.27. The van der Waals surface area contributed by atoms with Crippen molar-refractivity contribution in [3.63, 3.8) is 0 Å². The smallest absolute Gasteiger partial charge is 0.242 e. The van der Waals surface area contributed by atoms with Crippen LogP contribution in [0.15, 0.2) is 0 Å². The molecule has 0 aromatic carbocycles. The topological polar surface area (TPSA) is 81.3 Å². The summed E-state index contributed by atoms with van der Waals surface area (Å²) in [6.07, 6.45) is 0.794. The number of morpholine rings is 1. The predicted molar refractivity (Wildman–Crippen MR) is 60.4 cm³/mol. The maximum Gasteiger partial charge on any atom is 0.242 e. The van der Waals surface area contributed by atoms with Gasteiger partial charge in [-0.3, -0.25) is 4.79 Å². The van der Waals surface area contributed by atoms with Crippen LogP contribution >= 0.6 is 11.5 Å². The van der Waals surface area contributed by atoms with E-state index in [4.69, 9.17) is 10.5 Å². The number of primary amides is 1. The molecule has 0 radical (unpaired) electrons. The van der Waals surface area contributed by atoms with Gasteiger partial charge in [0, 0.05) is 24.5 Å². The molecule has 0 bridgehead atoms. The molecule has 1 aromatic rings. The maximum atomic E-state index is 11.3. The zero-order chi connectivity index (χ0) is 11.5. The van der Waals surface area contributed by atoms with Gasteiger partial charge in [0.1, 0.15) is 11.9 Å². The van der Waals surface area contributed by atoms with Crippen LogP contribution in [-0.2, 0) is 16.0 Å². The van der Waals surface area contributed by atoms with Crippen LogP contribution in [0, 0.1) is 0 Å². The Morgan fingerprint density at radius 1 is 1.75 bits per heavy atom. The molecule has 0 spiro atoms. The molecule has 1 atom stereocenters. The molecule has 1 amide bonds. The number of carbonyl (C=O) groups excluding carboxylic acids is 1. The molecular formula is C9H14N4O2S. The molecule has 6 nitrogen and oxygen atoms in total. The number of nitrogens with two attached hydrogens (primary N) is 1. The van der Waals surface area contributed by atoms with Gasteiger partial charge in [-0.05, 0) is 0 Å². The summed E-state index contributed by atoms with van der Waals surface area (Å²) < 4.78 is 9.44. The van der Waals surface area contributed by atoms with E-state index in [2.05, 4.69) is 9.36 Å². The van der Waals surface area contributed by atoms with Gasteiger partial charge < -0.3 is 15.4 Å². The number of nitrogens with zero attached hydrogens (tertiary/aromatic N) is 3. The molecule has 2 N–H and O–H groups in total. The van der Waals surface area contributed by atoms with Crippen molar-refractivity contribution in [2.45, 2.75) is 19.4 Å². The summed E-state index contributed by atoms with van der Waals surface area (Å²) in [6, 6.07) is -0.425. The standard InChI is InChI=1S/C9H14N4O2S/c1-2-7-11-9(16-12-7)13-3-4-15-5-6(13)8(10)14/h6H,2-5H2,1H3,(H2,10,14). The largest absolute Gasteiger partial charge is 0.377 e. The van der Waals surface area contributed by atoms with Gasteiger partial charge in [0.05, 0.1) is 13.2 Å². The number of anilines is 1. The Morgan fingerprint density at radius 2 is 2.56 bits per heavy atom. The minimum atomic E-state index is -0.425. The fourth-order valence-corrected chi connectivity index (χ4v) is 2.40. The van der Waals surface area contributed by atoms with Gasteiger partial charge in [-0.25, -0.2) is 4.98 Å². The van der Waals surface area contributed by atoms with Gasteiger partial charge in [-0.15, -0.1) is 0 Å². The summed E-state index contributed by atoms with van der Waals surface area (Å²) in [6.45, 7) is 3.55. The van der Waals surface area contributed by atoms with Crippen molar-refractivity contribution in [2.24, 2.45) is 5.73 Å². The highest BCUT2D eigenvalue weighted by Gasteiger charge is 2.29. The Balaban J connectivity index is 2.19. The van der Waals surface area contributed by atoms with Crippen molar-refractivity contribution >= 4 is 22.6 Å². The van der Waals surface area contributed by atoms with Crippen LogP contribution in [0.4, 0.5) is 5.13 Å². The highest BCUT2D eigenvalue weighted by Crippen LogP contribution is 2.21. The molecule has 0 aliphatic carbocycles. The van der Waals surface area contributed by atoms with Gasteiger partial charge in [-0.1, -0.05) is 6.92 Å². The number of ether oxygens (including phenoxy) is 1. The van der Waals surface area contributed by atoms with Crippen molar-refractivity contribution in [3.05, 3.63) is 5.82 Å². The van der Waals surface area contributed by atoms with E-state index in [1.807, 2.05) is 11.8 Å². The average Bonchev–Trinajstić information content (AvgIpc) is 2.77. The summed E-state index contributed by atoms with van der Waals surface area (Å²) in [5.74, 6) is 0.419. The average molecular weight is 242 g/mol. The van der Waals surface area contributed by atoms with Crippen molar-refractivity contribution in [1.82, 2.24) is 9.36 Å². The van der Waals surface area contributed by atoms with Crippen molar-refractivity contribution < 1.29 is 9.53 Å². The van der Waals surface area contributed by atoms with Crippen LogP contribution in [0.5, 0.6) is 0 Å². The van der Waals surface area contributed by atoms with E-state index in [-0.39, 0.29) is 5.91 Å². The Labute approximate surface area is 97.6 Å². The SMILES string of the molecule is CCc1nsc(N2CCOCC2C(N)=O)n1. The molecule has 1 aliphatic rings. The molecule has 2 rings (SSSR count). The molecule has 16 heavy (non-hydrogen) atoms. The highest BCUT2D eigenvalue weighted by atomic mass is 32.1. The minimum absolute atomic E-state index is 0.330. The normalized spacial score (nSPS) is 21.1. The number of aryl methyl sites for hydroxylation is 1. The van der Waals surface area contributed by atoms with Crippen molar-refractivity contribution in [1.29, 1.82) is 0 Å². The van der Waals surface area contributed by atoms with Gasteiger partial charge >= 0.3 is 0 Å². The Hall–Kier alpha value is -1.21. The molecule has 1 aliphatic heterocycles. The van der Waals surface area contributed by atoms with Gasteiger partial charge in [0.25, 0.3) is 0 Å². The van der Waals surface area contributed by atoms with E-state index in [0.717, 1.165) is 17.4 Å². The fraction of sp³-hybridized carbons (Fsp3) is 0.667. The second-order valence-corrected chi connectivity index (χ2v) is 4.26. The zero-order valence-corrected chi connectivity index (χ0v) is 9.87. The first-order valence-electron chi connectivity index (χ1n) is 5.18.